The highest BCUT2D eigenvalue weighted by atomic mass is 16.5. The Hall–Kier alpha value is -0.570. The van der Waals surface area contributed by atoms with Gasteiger partial charge >= 0.3 is 5.97 Å². The highest BCUT2D eigenvalue weighted by Gasteiger charge is 2.35. The lowest BCUT2D eigenvalue weighted by atomic mass is 9.91. The molecule has 0 aromatic rings. The van der Waals surface area contributed by atoms with Crippen LogP contribution in [0.3, 0.4) is 0 Å². The third-order valence-corrected chi connectivity index (χ3v) is 3.12. The number of carbonyl (C=O) groups is 1. The van der Waals surface area contributed by atoms with Crippen LogP contribution in [0, 0.1) is 5.92 Å². The molecular weight excluding hydrogens is 214 g/mol. The van der Waals surface area contributed by atoms with Gasteiger partial charge in [0.2, 0.25) is 0 Å². The van der Waals surface area contributed by atoms with Gasteiger partial charge in [-0.05, 0) is 46.0 Å². The lowest BCUT2D eigenvalue weighted by Gasteiger charge is -2.32. The molecule has 17 heavy (non-hydrogen) atoms. The van der Waals surface area contributed by atoms with Gasteiger partial charge in [-0.1, -0.05) is 20.8 Å². The topological polar surface area (TPSA) is 38.3 Å². The van der Waals surface area contributed by atoms with Gasteiger partial charge in [0.1, 0.15) is 5.54 Å². The van der Waals surface area contributed by atoms with Crippen LogP contribution in [-0.4, -0.2) is 24.2 Å². The van der Waals surface area contributed by atoms with Gasteiger partial charge in [0.15, 0.2) is 0 Å². The Labute approximate surface area is 106 Å². The second-order valence-electron chi connectivity index (χ2n) is 5.44. The molecule has 0 aliphatic carbocycles. The fourth-order valence-corrected chi connectivity index (χ4v) is 1.75. The average Bonchev–Trinajstić information content (AvgIpc) is 2.26. The molecule has 2 unspecified atom stereocenters. The van der Waals surface area contributed by atoms with Gasteiger partial charge in [-0.2, -0.15) is 0 Å². The van der Waals surface area contributed by atoms with Crippen molar-refractivity contribution in [3.63, 3.8) is 0 Å². The minimum atomic E-state index is -0.546. The van der Waals surface area contributed by atoms with Crippen molar-refractivity contribution in [2.24, 2.45) is 5.92 Å². The predicted octanol–water partition coefficient (Wildman–Crippen LogP) is 3.13. The zero-order chi connectivity index (χ0) is 13.5. The fourth-order valence-electron chi connectivity index (χ4n) is 1.75. The lowest BCUT2D eigenvalue weighted by Crippen LogP contribution is -2.53. The molecular formula is C14H29NO2. The minimum absolute atomic E-state index is 0.124. The second-order valence-corrected chi connectivity index (χ2v) is 5.44. The van der Waals surface area contributed by atoms with E-state index in [1.807, 2.05) is 13.8 Å². The van der Waals surface area contributed by atoms with Crippen LogP contribution in [0.2, 0.25) is 0 Å². The van der Waals surface area contributed by atoms with E-state index >= 15 is 0 Å². The Bertz CT molecular complexity index is 228. The van der Waals surface area contributed by atoms with E-state index in [0.717, 1.165) is 19.3 Å². The molecule has 1 N–H and O–H groups in total. The molecule has 0 saturated heterocycles. The molecule has 0 fully saturated rings. The summed E-state index contributed by atoms with van der Waals surface area (Å²) in [5, 5.41) is 3.41. The summed E-state index contributed by atoms with van der Waals surface area (Å²) in [5.74, 6) is 0.475. The third-order valence-electron chi connectivity index (χ3n) is 3.12. The van der Waals surface area contributed by atoms with Crippen molar-refractivity contribution in [3.8, 4) is 0 Å². The maximum atomic E-state index is 12.0. The summed E-state index contributed by atoms with van der Waals surface area (Å²) in [6.45, 7) is 12.8. The van der Waals surface area contributed by atoms with E-state index in [2.05, 4.69) is 33.0 Å². The second kappa shape index (κ2) is 7.70. The summed E-state index contributed by atoms with van der Waals surface area (Å²) < 4.78 is 5.18. The van der Waals surface area contributed by atoms with Crippen molar-refractivity contribution in [2.75, 3.05) is 6.61 Å². The van der Waals surface area contributed by atoms with E-state index in [-0.39, 0.29) is 5.97 Å². The van der Waals surface area contributed by atoms with Crippen molar-refractivity contribution in [3.05, 3.63) is 0 Å². The predicted molar refractivity (Wildman–Crippen MR) is 72.0 cm³/mol. The quantitative estimate of drug-likeness (QED) is 0.666. The fraction of sp³-hybridized carbons (Fsp3) is 0.929. The number of carbonyl (C=O) groups excluding carboxylic acids is 1. The molecule has 0 aromatic heterocycles. The first-order valence-electron chi connectivity index (χ1n) is 6.80. The number of hydrogen-bond donors (Lipinski definition) is 1. The van der Waals surface area contributed by atoms with Crippen LogP contribution in [0.1, 0.15) is 60.8 Å². The molecule has 0 saturated carbocycles. The third kappa shape index (κ3) is 6.06. The lowest BCUT2D eigenvalue weighted by molar-refractivity contribution is -0.151. The summed E-state index contributed by atoms with van der Waals surface area (Å²) in [7, 11) is 0. The van der Waals surface area contributed by atoms with Crippen molar-refractivity contribution >= 4 is 5.97 Å². The Morgan fingerprint density at radius 2 is 1.88 bits per heavy atom. The van der Waals surface area contributed by atoms with Gasteiger partial charge in [-0.15, -0.1) is 0 Å². The number of rotatable bonds is 8. The summed E-state index contributed by atoms with van der Waals surface area (Å²) >= 11 is 0. The van der Waals surface area contributed by atoms with Crippen LogP contribution in [0.5, 0.6) is 0 Å². The highest BCUT2D eigenvalue weighted by Crippen LogP contribution is 2.19. The summed E-state index contributed by atoms with van der Waals surface area (Å²) in [6, 6.07) is 0.330. The van der Waals surface area contributed by atoms with Gasteiger partial charge in [0.25, 0.3) is 0 Å². The van der Waals surface area contributed by atoms with Crippen molar-refractivity contribution in [1.82, 2.24) is 5.32 Å². The first kappa shape index (κ1) is 16.4. The Kier molecular flexibility index (Phi) is 7.44. The normalized spacial score (nSPS) is 16.6. The van der Waals surface area contributed by atoms with Crippen molar-refractivity contribution in [1.29, 1.82) is 0 Å². The Morgan fingerprint density at radius 1 is 1.29 bits per heavy atom. The van der Waals surface area contributed by atoms with Gasteiger partial charge < -0.3 is 4.74 Å². The zero-order valence-electron chi connectivity index (χ0n) is 12.3. The molecule has 102 valence electrons. The minimum Gasteiger partial charge on any atom is -0.465 e. The van der Waals surface area contributed by atoms with Crippen molar-refractivity contribution < 1.29 is 9.53 Å². The summed E-state index contributed by atoms with van der Waals surface area (Å²) in [5.41, 5.74) is -0.546. The monoisotopic (exact) mass is 243 g/mol. The van der Waals surface area contributed by atoms with Gasteiger partial charge in [-0.3, -0.25) is 10.1 Å². The van der Waals surface area contributed by atoms with E-state index in [0.29, 0.717) is 18.6 Å². The SMILES string of the molecule is CCOC(=O)C(C)(CCC(C)C)NC(C)CC. The van der Waals surface area contributed by atoms with Crippen LogP contribution in [0.4, 0.5) is 0 Å². The molecule has 0 aromatic carbocycles. The highest BCUT2D eigenvalue weighted by molar-refractivity contribution is 5.80. The van der Waals surface area contributed by atoms with E-state index in [9.17, 15) is 4.79 Å². The molecule has 0 heterocycles. The van der Waals surface area contributed by atoms with Gasteiger partial charge in [0.05, 0.1) is 6.61 Å². The molecule has 3 nitrogen and oxygen atoms in total. The Balaban J connectivity index is 4.61. The average molecular weight is 243 g/mol. The number of nitrogens with one attached hydrogen (secondary N) is 1. The van der Waals surface area contributed by atoms with Gasteiger partial charge in [0, 0.05) is 6.04 Å². The number of ether oxygens (including phenoxy) is 1. The zero-order valence-corrected chi connectivity index (χ0v) is 12.3. The first-order valence-corrected chi connectivity index (χ1v) is 6.80. The number of esters is 1. The molecule has 0 bridgehead atoms. The summed E-state index contributed by atoms with van der Waals surface area (Å²) in [6.07, 6.45) is 2.86. The van der Waals surface area contributed by atoms with E-state index in [1.54, 1.807) is 0 Å². The number of hydrogen-bond acceptors (Lipinski definition) is 3. The van der Waals surface area contributed by atoms with Gasteiger partial charge in [-0.25, -0.2) is 0 Å². The molecule has 0 aliphatic heterocycles. The molecule has 0 spiro atoms. The van der Waals surface area contributed by atoms with E-state index in [1.165, 1.54) is 0 Å². The molecule has 0 rings (SSSR count). The van der Waals surface area contributed by atoms with E-state index in [4.69, 9.17) is 4.74 Å². The van der Waals surface area contributed by atoms with Crippen molar-refractivity contribution in [2.45, 2.75) is 72.4 Å². The standard InChI is InChI=1S/C14H29NO2/c1-7-12(5)15-14(6,10-9-11(3)4)13(16)17-8-2/h11-12,15H,7-10H2,1-6H3. The molecule has 2 atom stereocenters. The molecule has 3 heteroatoms. The Morgan fingerprint density at radius 3 is 2.29 bits per heavy atom. The maximum absolute atomic E-state index is 12.0. The molecule has 0 aliphatic rings. The smallest absolute Gasteiger partial charge is 0.326 e. The molecule has 0 radical (unpaired) electrons. The van der Waals surface area contributed by atoms with Crippen LogP contribution in [0.25, 0.3) is 0 Å². The largest absolute Gasteiger partial charge is 0.465 e. The maximum Gasteiger partial charge on any atom is 0.326 e. The van der Waals surface area contributed by atoms with Crippen LogP contribution in [0.15, 0.2) is 0 Å². The van der Waals surface area contributed by atoms with E-state index < -0.39 is 5.54 Å². The van der Waals surface area contributed by atoms with Crippen LogP contribution < -0.4 is 5.32 Å². The summed E-state index contributed by atoms with van der Waals surface area (Å²) in [4.78, 5) is 12.0. The van der Waals surface area contributed by atoms with Crippen LogP contribution >= 0.6 is 0 Å². The first-order chi connectivity index (χ1) is 7.85. The molecule has 0 amide bonds. The van der Waals surface area contributed by atoms with Crippen LogP contribution in [-0.2, 0) is 9.53 Å².